The highest BCUT2D eigenvalue weighted by molar-refractivity contribution is 5.66. The van der Waals surface area contributed by atoms with Crippen LogP contribution in [-0.2, 0) is 0 Å². The van der Waals surface area contributed by atoms with Crippen LogP contribution in [-0.4, -0.2) is 26.2 Å². The molecule has 2 nitrogen and oxygen atoms in total. The van der Waals surface area contributed by atoms with Gasteiger partial charge in [-0.2, -0.15) is 0 Å². The predicted octanol–water partition coefficient (Wildman–Crippen LogP) is 3.04. The lowest BCUT2D eigenvalue weighted by atomic mass is 10.0. The first kappa shape index (κ1) is 13.1. The van der Waals surface area contributed by atoms with E-state index in [1.54, 1.807) is 6.07 Å². The van der Waals surface area contributed by atoms with Crippen molar-refractivity contribution in [2.45, 2.75) is 0 Å². The number of benzene rings is 2. The van der Waals surface area contributed by atoms with Crippen LogP contribution in [0.1, 0.15) is 0 Å². The number of anilines is 1. The second kappa shape index (κ2) is 5.59. The van der Waals surface area contributed by atoms with Crippen molar-refractivity contribution in [3.05, 3.63) is 54.1 Å². The molecule has 1 saturated heterocycles. The zero-order chi connectivity index (χ0) is 13.9. The van der Waals surface area contributed by atoms with Crippen molar-refractivity contribution in [1.82, 2.24) is 5.32 Å². The maximum absolute atomic E-state index is 13.2. The molecule has 3 rings (SSSR count). The first-order valence-corrected chi connectivity index (χ1v) is 6.75. The van der Waals surface area contributed by atoms with Crippen molar-refractivity contribution in [2.75, 3.05) is 31.1 Å². The Kier molecular flexibility index (Phi) is 3.65. The number of rotatable bonds is 2. The highest BCUT2D eigenvalue weighted by Crippen LogP contribution is 2.24. The second-order valence-electron chi connectivity index (χ2n) is 4.91. The van der Waals surface area contributed by atoms with Crippen LogP contribution in [0.3, 0.4) is 0 Å². The molecule has 1 heterocycles. The van der Waals surface area contributed by atoms with E-state index in [1.807, 2.05) is 24.3 Å². The summed E-state index contributed by atoms with van der Waals surface area (Å²) in [5.41, 5.74) is 2.75. The van der Waals surface area contributed by atoms with Gasteiger partial charge in [-0.05, 0) is 35.4 Å². The minimum absolute atomic E-state index is 0.691. The van der Waals surface area contributed by atoms with Crippen LogP contribution in [0.15, 0.2) is 42.5 Å². The summed E-state index contributed by atoms with van der Waals surface area (Å²) in [7, 11) is 0. The molecular weight excluding hydrogens is 258 g/mol. The molecule has 0 bridgehead atoms. The average Bonchev–Trinajstić information content (AvgIpc) is 2.51. The standard InChI is InChI=1S/C16H16F2N2/c17-15-6-3-13(11-16(15)18)12-1-4-14(5-2-12)20-9-7-19-8-10-20/h1-6,11,19H,7-10H2. The summed E-state index contributed by atoms with van der Waals surface area (Å²) in [6, 6.07) is 11.9. The Bertz CT molecular complexity index is 590. The van der Waals surface area contributed by atoms with Crippen molar-refractivity contribution in [1.29, 1.82) is 0 Å². The van der Waals surface area contributed by atoms with Crippen LogP contribution in [0.5, 0.6) is 0 Å². The Morgan fingerprint density at radius 1 is 0.800 bits per heavy atom. The third kappa shape index (κ3) is 2.65. The van der Waals surface area contributed by atoms with Gasteiger partial charge in [0.15, 0.2) is 11.6 Å². The third-order valence-corrected chi connectivity index (χ3v) is 3.60. The number of halogens is 2. The van der Waals surface area contributed by atoms with Gasteiger partial charge in [-0.25, -0.2) is 8.78 Å². The molecule has 20 heavy (non-hydrogen) atoms. The van der Waals surface area contributed by atoms with Crippen molar-refractivity contribution < 1.29 is 8.78 Å². The zero-order valence-corrected chi connectivity index (χ0v) is 11.1. The van der Waals surface area contributed by atoms with Gasteiger partial charge in [-0.1, -0.05) is 18.2 Å². The lowest BCUT2D eigenvalue weighted by molar-refractivity contribution is 0.509. The first-order valence-electron chi connectivity index (χ1n) is 6.75. The molecule has 0 aliphatic carbocycles. The van der Waals surface area contributed by atoms with Gasteiger partial charge >= 0.3 is 0 Å². The monoisotopic (exact) mass is 274 g/mol. The molecule has 0 amide bonds. The number of hydrogen-bond acceptors (Lipinski definition) is 2. The Balaban J connectivity index is 1.83. The van der Waals surface area contributed by atoms with Crippen molar-refractivity contribution in [2.24, 2.45) is 0 Å². The molecular formula is C16H16F2N2. The van der Waals surface area contributed by atoms with E-state index in [0.29, 0.717) is 5.56 Å². The maximum Gasteiger partial charge on any atom is 0.159 e. The minimum atomic E-state index is -0.814. The van der Waals surface area contributed by atoms with E-state index in [9.17, 15) is 8.78 Å². The van der Waals surface area contributed by atoms with Crippen LogP contribution in [0.4, 0.5) is 14.5 Å². The molecule has 0 atom stereocenters. The fraction of sp³-hybridized carbons (Fsp3) is 0.250. The van der Waals surface area contributed by atoms with Crippen molar-refractivity contribution in [3.8, 4) is 11.1 Å². The van der Waals surface area contributed by atoms with E-state index < -0.39 is 11.6 Å². The molecule has 2 aromatic rings. The average molecular weight is 274 g/mol. The van der Waals surface area contributed by atoms with Crippen LogP contribution < -0.4 is 10.2 Å². The second-order valence-corrected chi connectivity index (χ2v) is 4.91. The molecule has 1 aliphatic heterocycles. The Labute approximate surface area is 117 Å². The molecule has 1 aliphatic rings. The summed E-state index contributed by atoms with van der Waals surface area (Å²) in [4.78, 5) is 2.31. The number of nitrogens with zero attached hydrogens (tertiary/aromatic N) is 1. The molecule has 4 heteroatoms. The molecule has 0 spiro atoms. The largest absolute Gasteiger partial charge is 0.369 e. The van der Waals surface area contributed by atoms with Crippen molar-refractivity contribution >= 4 is 5.69 Å². The minimum Gasteiger partial charge on any atom is -0.369 e. The van der Waals surface area contributed by atoms with Gasteiger partial charge in [0.25, 0.3) is 0 Å². The van der Waals surface area contributed by atoms with Gasteiger partial charge in [0.05, 0.1) is 0 Å². The number of piperazine rings is 1. The van der Waals surface area contributed by atoms with Gasteiger partial charge in [0.2, 0.25) is 0 Å². The lowest BCUT2D eigenvalue weighted by Crippen LogP contribution is -2.43. The fourth-order valence-corrected chi connectivity index (χ4v) is 2.46. The van der Waals surface area contributed by atoms with Crippen molar-refractivity contribution in [3.63, 3.8) is 0 Å². The molecule has 1 N–H and O–H groups in total. The first-order chi connectivity index (χ1) is 9.74. The van der Waals surface area contributed by atoms with E-state index in [2.05, 4.69) is 10.2 Å². The summed E-state index contributed by atoms with van der Waals surface area (Å²) in [5.74, 6) is -1.63. The summed E-state index contributed by atoms with van der Waals surface area (Å²) in [6.45, 7) is 3.96. The lowest BCUT2D eigenvalue weighted by Gasteiger charge is -2.29. The molecule has 0 saturated carbocycles. The van der Waals surface area contributed by atoms with Gasteiger partial charge in [0.1, 0.15) is 0 Å². The molecule has 0 unspecified atom stereocenters. The van der Waals surface area contributed by atoms with Gasteiger partial charge < -0.3 is 10.2 Å². The highest BCUT2D eigenvalue weighted by Gasteiger charge is 2.10. The van der Waals surface area contributed by atoms with Gasteiger partial charge in [0, 0.05) is 31.9 Å². The van der Waals surface area contributed by atoms with Crippen LogP contribution in [0.2, 0.25) is 0 Å². The Hall–Kier alpha value is -1.94. The number of nitrogens with one attached hydrogen (secondary N) is 1. The predicted molar refractivity (Wildman–Crippen MR) is 76.9 cm³/mol. The molecule has 1 fully saturated rings. The Morgan fingerprint density at radius 2 is 1.45 bits per heavy atom. The van der Waals surface area contributed by atoms with Crippen LogP contribution >= 0.6 is 0 Å². The van der Waals surface area contributed by atoms with Crippen LogP contribution in [0, 0.1) is 11.6 Å². The normalized spacial score (nSPS) is 15.4. The quantitative estimate of drug-likeness (QED) is 0.905. The van der Waals surface area contributed by atoms with E-state index in [1.165, 1.54) is 6.07 Å². The maximum atomic E-state index is 13.2. The van der Waals surface area contributed by atoms with Gasteiger partial charge in [-0.15, -0.1) is 0 Å². The zero-order valence-electron chi connectivity index (χ0n) is 11.1. The molecule has 0 radical (unpaired) electrons. The summed E-state index contributed by atoms with van der Waals surface area (Å²) in [6.07, 6.45) is 0. The van der Waals surface area contributed by atoms with E-state index in [-0.39, 0.29) is 0 Å². The topological polar surface area (TPSA) is 15.3 Å². The molecule has 0 aromatic heterocycles. The fourth-order valence-electron chi connectivity index (χ4n) is 2.46. The Morgan fingerprint density at radius 3 is 2.10 bits per heavy atom. The van der Waals surface area contributed by atoms with E-state index in [0.717, 1.165) is 43.5 Å². The van der Waals surface area contributed by atoms with E-state index >= 15 is 0 Å². The SMILES string of the molecule is Fc1ccc(-c2ccc(N3CCNCC3)cc2)cc1F. The summed E-state index contributed by atoms with van der Waals surface area (Å²) in [5, 5.41) is 3.31. The van der Waals surface area contributed by atoms with Crippen LogP contribution in [0.25, 0.3) is 11.1 Å². The smallest absolute Gasteiger partial charge is 0.159 e. The summed E-state index contributed by atoms with van der Waals surface area (Å²) >= 11 is 0. The third-order valence-electron chi connectivity index (χ3n) is 3.60. The van der Waals surface area contributed by atoms with Gasteiger partial charge in [-0.3, -0.25) is 0 Å². The molecule has 2 aromatic carbocycles. The number of hydrogen-bond donors (Lipinski definition) is 1. The molecule has 104 valence electrons. The highest BCUT2D eigenvalue weighted by atomic mass is 19.2. The van der Waals surface area contributed by atoms with E-state index in [4.69, 9.17) is 0 Å². The summed E-state index contributed by atoms with van der Waals surface area (Å²) < 4.78 is 26.2.